The Morgan fingerprint density at radius 3 is 2.38 bits per heavy atom. The Balaban J connectivity index is 2.01. The van der Waals surface area contributed by atoms with Gasteiger partial charge in [-0.25, -0.2) is 0 Å². The highest BCUT2D eigenvalue weighted by atomic mass is 14.7. The lowest BCUT2D eigenvalue weighted by Gasteiger charge is -2.07. The van der Waals surface area contributed by atoms with Gasteiger partial charge in [-0.05, 0) is 36.2 Å². The maximum absolute atomic E-state index is 4.47. The fraction of sp³-hybridized carbons (Fsp3) is 0.0500. The number of benzene rings is 2. The van der Waals surface area contributed by atoms with Gasteiger partial charge < -0.3 is 0 Å². The van der Waals surface area contributed by atoms with Crippen molar-refractivity contribution in [3.8, 4) is 11.3 Å². The average Bonchev–Trinajstić information content (AvgIpc) is 2.55. The molecule has 0 spiro atoms. The van der Waals surface area contributed by atoms with Crippen molar-refractivity contribution in [1.29, 1.82) is 0 Å². The molecule has 0 aliphatic carbocycles. The van der Waals surface area contributed by atoms with Gasteiger partial charge in [-0.3, -0.25) is 4.98 Å². The van der Waals surface area contributed by atoms with Crippen molar-refractivity contribution in [2.45, 2.75) is 6.92 Å². The van der Waals surface area contributed by atoms with Crippen molar-refractivity contribution in [3.63, 3.8) is 0 Å². The van der Waals surface area contributed by atoms with Gasteiger partial charge in [-0.2, -0.15) is 0 Å². The van der Waals surface area contributed by atoms with E-state index in [9.17, 15) is 0 Å². The van der Waals surface area contributed by atoms with Crippen LogP contribution in [0.2, 0.25) is 0 Å². The molecule has 21 heavy (non-hydrogen) atoms. The van der Waals surface area contributed by atoms with Crippen LogP contribution in [0, 0.1) is 6.92 Å². The van der Waals surface area contributed by atoms with Crippen molar-refractivity contribution in [1.82, 2.24) is 4.98 Å². The molecule has 0 saturated carbocycles. The van der Waals surface area contributed by atoms with Gasteiger partial charge in [0.1, 0.15) is 0 Å². The van der Waals surface area contributed by atoms with Crippen LogP contribution in [0.3, 0.4) is 0 Å². The number of pyridine rings is 1. The highest BCUT2D eigenvalue weighted by Gasteiger charge is 2.04. The minimum Gasteiger partial charge on any atom is -0.256 e. The zero-order valence-corrected chi connectivity index (χ0v) is 12.0. The van der Waals surface area contributed by atoms with Gasteiger partial charge in [0.2, 0.25) is 0 Å². The lowest BCUT2D eigenvalue weighted by Crippen LogP contribution is -1.87. The van der Waals surface area contributed by atoms with Gasteiger partial charge in [0.15, 0.2) is 0 Å². The summed E-state index contributed by atoms with van der Waals surface area (Å²) in [6.45, 7) is 2.11. The molecule has 0 bridgehead atoms. The van der Waals surface area contributed by atoms with Crippen molar-refractivity contribution in [2.24, 2.45) is 0 Å². The summed E-state index contributed by atoms with van der Waals surface area (Å²) in [5.41, 5.74) is 5.80. The quantitative estimate of drug-likeness (QED) is 0.594. The third-order valence-corrected chi connectivity index (χ3v) is 3.40. The second-order valence-corrected chi connectivity index (χ2v) is 5.05. The highest BCUT2D eigenvalue weighted by molar-refractivity contribution is 5.79. The van der Waals surface area contributed by atoms with Crippen molar-refractivity contribution in [2.75, 3.05) is 0 Å². The number of aryl methyl sites for hydroxylation is 1. The molecule has 0 aliphatic heterocycles. The third-order valence-electron chi connectivity index (χ3n) is 3.40. The predicted molar refractivity (Wildman–Crippen MR) is 89.8 cm³/mol. The average molecular weight is 271 g/mol. The molecule has 3 aromatic rings. The second kappa shape index (κ2) is 6.19. The molecule has 2 aromatic carbocycles. The molecule has 0 saturated heterocycles. The minimum atomic E-state index is 1.01. The van der Waals surface area contributed by atoms with Crippen molar-refractivity contribution < 1.29 is 0 Å². The van der Waals surface area contributed by atoms with Crippen LogP contribution in [-0.2, 0) is 0 Å². The second-order valence-electron chi connectivity index (χ2n) is 5.05. The highest BCUT2D eigenvalue weighted by Crippen LogP contribution is 2.24. The largest absolute Gasteiger partial charge is 0.256 e. The standard InChI is InChI=1S/C20H17N/c1-16-10-12-18(13-11-17-7-3-2-4-8-17)19(15-16)20-9-5-6-14-21-20/h2-15H,1H3/b13-11+. The normalized spacial score (nSPS) is 10.9. The number of hydrogen-bond donors (Lipinski definition) is 0. The molecule has 0 aliphatic rings. The van der Waals surface area contributed by atoms with Crippen LogP contribution in [0.15, 0.2) is 72.9 Å². The van der Waals surface area contributed by atoms with E-state index in [0.717, 1.165) is 5.69 Å². The predicted octanol–water partition coefficient (Wildman–Crippen LogP) is 5.23. The summed E-state index contributed by atoms with van der Waals surface area (Å²) >= 11 is 0. The van der Waals surface area contributed by atoms with Crippen molar-refractivity contribution >= 4 is 12.2 Å². The van der Waals surface area contributed by atoms with Gasteiger partial charge in [-0.15, -0.1) is 0 Å². The van der Waals surface area contributed by atoms with E-state index in [1.165, 1.54) is 22.3 Å². The Morgan fingerprint density at radius 1 is 0.810 bits per heavy atom. The summed E-state index contributed by atoms with van der Waals surface area (Å²) in [7, 11) is 0. The monoisotopic (exact) mass is 271 g/mol. The molecular formula is C20H17N. The van der Waals surface area contributed by atoms with Crippen LogP contribution in [0.4, 0.5) is 0 Å². The summed E-state index contributed by atoms with van der Waals surface area (Å²) in [4.78, 5) is 4.47. The molecular weight excluding hydrogens is 254 g/mol. The van der Waals surface area contributed by atoms with E-state index < -0.39 is 0 Å². The molecule has 3 rings (SSSR count). The van der Waals surface area contributed by atoms with Gasteiger partial charge in [-0.1, -0.05) is 66.2 Å². The SMILES string of the molecule is Cc1ccc(/C=C/c2ccccc2)c(-c2ccccn2)c1. The molecule has 0 unspecified atom stereocenters. The third kappa shape index (κ3) is 3.26. The molecule has 102 valence electrons. The van der Waals surface area contributed by atoms with E-state index >= 15 is 0 Å². The van der Waals surface area contributed by atoms with E-state index in [1.807, 2.05) is 24.4 Å². The Bertz CT molecular complexity index is 743. The van der Waals surface area contributed by atoms with Crippen molar-refractivity contribution in [3.05, 3.63) is 89.6 Å². The smallest absolute Gasteiger partial charge is 0.0708 e. The summed E-state index contributed by atoms with van der Waals surface area (Å²) in [6.07, 6.45) is 6.12. The topological polar surface area (TPSA) is 12.9 Å². The van der Waals surface area contributed by atoms with Gasteiger partial charge >= 0.3 is 0 Å². The maximum Gasteiger partial charge on any atom is 0.0708 e. The van der Waals surface area contributed by atoms with Crippen LogP contribution in [0.1, 0.15) is 16.7 Å². The Hall–Kier alpha value is -2.67. The molecule has 0 atom stereocenters. The zero-order valence-electron chi connectivity index (χ0n) is 12.0. The molecule has 0 radical (unpaired) electrons. The Labute approximate surface area is 125 Å². The zero-order chi connectivity index (χ0) is 14.5. The summed E-state index contributed by atoms with van der Waals surface area (Å²) < 4.78 is 0. The van der Waals surface area contributed by atoms with Gasteiger partial charge in [0.05, 0.1) is 5.69 Å². The summed E-state index contributed by atoms with van der Waals surface area (Å²) in [5.74, 6) is 0. The van der Waals surface area contributed by atoms with Gasteiger partial charge in [0, 0.05) is 11.8 Å². The first kappa shape index (κ1) is 13.3. The van der Waals surface area contributed by atoms with E-state index in [0.29, 0.717) is 0 Å². The molecule has 1 aromatic heterocycles. The van der Waals surface area contributed by atoms with Crippen LogP contribution in [0.5, 0.6) is 0 Å². The number of nitrogens with zero attached hydrogens (tertiary/aromatic N) is 1. The molecule has 1 nitrogen and oxygen atoms in total. The van der Waals surface area contributed by atoms with E-state index in [1.54, 1.807) is 0 Å². The number of hydrogen-bond acceptors (Lipinski definition) is 1. The van der Waals surface area contributed by atoms with E-state index in [2.05, 4.69) is 72.6 Å². The number of rotatable bonds is 3. The lowest BCUT2D eigenvalue weighted by molar-refractivity contribution is 1.31. The van der Waals surface area contributed by atoms with Gasteiger partial charge in [0.25, 0.3) is 0 Å². The lowest BCUT2D eigenvalue weighted by atomic mass is 10.00. The molecule has 0 N–H and O–H groups in total. The Kier molecular flexibility index (Phi) is 3.92. The maximum atomic E-state index is 4.47. The minimum absolute atomic E-state index is 1.01. The first-order valence-electron chi connectivity index (χ1n) is 7.08. The fourth-order valence-corrected chi connectivity index (χ4v) is 2.31. The van der Waals surface area contributed by atoms with E-state index in [-0.39, 0.29) is 0 Å². The Morgan fingerprint density at radius 2 is 1.62 bits per heavy atom. The first-order chi connectivity index (χ1) is 10.3. The first-order valence-corrected chi connectivity index (χ1v) is 7.08. The fourth-order valence-electron chi connectivity index (χ4n) is 2.31. The molecule has 0 amide bonds. The number of aromatic nitrogens is 1. The molecule has 0 fully saturated rings. The summed E-state index contributed by atoms with van der Waals surface area (Å²) in [5, 5.41) is 0. The molecule has 1 heteroatoms. The van der Waals surface area contributed by atoms with E-state index in [4.69, 9.17) is 0 Å². The van der Waals surface area contributed by atoms with Crippen LogP contribution < -0.4 is 0 Å². The van der Waals surface area contributed by atoms with Crippen LogP contribution in [0.25, 0.3) is 23.4 Å². The van der Waals surface area contributed by atoms with Crippen LogP contribution >= 0.6 is 0 Å². The molecule has 1 heterocycles. The van der Waals surface area contributed by atoms with Crippen LogP contribution in [-0.4, -0.2) is 4.98 Å². The summed E-state index contributed by atoms with van der Waals surface area (Å²) in [6, 6.07) is 22.8.